The second-order valence-corrected chi connectivity index (χ2v) is 10.6. The molecule has 0 aromatic rings. The number of ether oxygens (including phenoxy) is 1. The van der Waals surface area contributed by atoms with Gasteiger partial charge < -0.3 is 4.74 Å². The molecule has 0 heterocycles. The van der Waals surface area contributed by atoms with Crippen LogP contribution in [0.2, 0.25) is 0 Å². The molecule has 33 heavy (non-hydrogen) atoms. The smallest absolute Gasteiger partial charge is 0.308 e. The number of rotatable bonds is 27. The molecule has 0 atom stereocenters. The van der Waals surface area contributed by atoms with Gasteiger partial charge in [0, 0.05) is 0 Å². The lowest BCUT2D eigenvalue weighted by molar-refractivity contribution is -0.146. The summed E-state index contributed by atoms with van der Waals surface area (Å²) in [7, 11) is 1.56. The first-order valence-corrected chi connectivity index (χ1v) is 15.3. The zero-order valence-electron chi connectivity index (χ0n) is 23.3. The highest BCUT2D eigenvalue weighted by molar-refractivity contribution is 5.72. The number of hydrogen-bond acceptors (Lipinski definition) is 2. The number of carbonyl (C=O) groups is 1. The van der Waals surface area contributed by atoms with Crippen molar-refractivity contribution in [3.05, 3.63) is 0 Å². The minimum atomic E-state index is 0.0288. The average Bonchev–Trinajstić information content (AvgIpc) is 2.83. The molecular weight excluding hydrogens is 404 g/mol. The van der Waals surface area contributed by atoms with E-state index in [1.54, 1.807) is 7.11 Å². The van der Waals surface area contributed by atoms with Gasteiger partial charge in [0.1, 0.15) is 0 Å². The molecule has 198 valence electrons. The number of unbranched alkanes of at least 4 members (excludes halogenated alkanes) is 22. The summed E-state index contributed by atoms with van der Waals surface area (Å²) in [5.74, 6) is 0.169. The minimum absolute atomic E-state index is 0.0288. The highest BCUT2D eigenvalue weighted by atomic mass is 16.5. The lowest BCUT2D eigenvalue weighted by Gasteiger charge is -2.14. The summed E-state index contributed by atoms with van der Waals surface area (Å²) in [6.07, 6.45) is 35.0. The van der Waals surface area contributed by atoms with Crippen molar-refractivity contribution in [2.24, 2.45) is 5.92 Å². The second kappa shape index (κ2) is 27.7. The third-order valence-electron chi connectivity index (χ3n) is 7.35. The molecular formula is C31H62O2. The Morgan fingerprint density at radius 3 is 0.939 bits per heavy atom. The van der Waals surface area contributed by atoms with Crippen LogP contribution in [0.3, 0.4) is 0 Å². The van der Waals surface area contributed by atoms with E-state index < -0.39 is 0 Å². The molecule has 0 saturated heterocycles. The van der Waals surface area contributed by atoms with Crippen molar-refractivity contribution in [3.63, 3.8) is 0 Å². The van der Waals surface area contributed by atoms with Gasteiger partial charge in [0.05, 0.1) is 13.0 Å². The molecule has 0 rings (SSSR count). The molecule has 0 N–H and O–H groups in total. The van der Waals surface area contributed by atoms with Crippen molar-refractivity contribution in [3.8, 4) is 0 Å². The van der Waals surface area contributed by atoms with Gasteiger partial charge in [-0.2, -0.15) is 0 Å². The molecule has 0 spiro atoms. The Morgan fingerprint density at radius 2 is 0.697 bits per heavy atom. The fourth-order valence-electron chi connectivity index (χ4n) is 5.01. The number of hydrogen-bond donors (Lipinski definition) is 0. The van der Waals surface area contributed by atoms with Crippen LogP contribution < -0.4 is 0 Å². The third-order valence-corrected chi connectivity index (χ3v) is 7.35. The quantitative estimate of drug-likeness (QED) is 0.0888. The van der Waals surface area contributed by atoms with E-state index in [2.05, 4.69) is 13.8 Å². The molecule has 0 aliphatic rings. The molecule has 0 aliphatic carbocycles. The van der Waals surface area contributed by atoms with Crippen molar-refractivity contribution in [1.29, 1.82) is 0 Å². The van der Waals surface area contributed by atoms with E-state index >= 15 is 0 Å². The molecule has 0 fully saturated rings. The van der Waals surface area contributed by atoms with Gasteiger partial charge in [-0.05, 0) is 12.8 Å². The lowest BCUT2D eigenvalue weighted by Crippen LogP contribution is -2.16. The molecule has 0 aliphatic heterocycles. The second-order valence-electron chi connectivity index (χ2n) is 10.6. The summed E-state index contributed by atoms with van der Waals surface area (Å²) in [6, 6.07) is 0. The highest BCUT2D eigenvalue weighted by Crippen LogP contribution is 2.21. The van der Waals surface area contributed by atoms with Gasteiger partial charge in [-0.1, -0.05) is 168 Å². The molecule has 0 unspecified atom stereocenters. The predicted octanol–water partition coefficient (Wildman–Crippen LogP) is 11.0. The van der Waals surface area contributed by atoms with E-state index in [0.717, 1.165) is 12.8 Å². The van der Waals surface area contributed by atoms with Gasteiger partial charge in [0.25, 0.3) is 0 Å². The van der Waals surface area contributed by atoms with Crippen LogP contribution in [-0.2, 0) is 9.53 Å². The van der Waals surface area contributed by atoms with Crippen molar-refractivity contribution >= 4 is 5.97 Å². The summed E-state index contributed by atoms with van der Waals surface area (Å²) in [6.45, 7) is 4.57. The topological polar surface area (TPSA) is 26.3 Å². The molecule has 2 heteroatoms. The normalized spacial score (nSPS) is 11.4. The maximum absolute atomic E-state index is 12.2. The lowest BCUT2D eigenvalue weighted by atomic mass is 9.94. The Kier molecular flexibility index (Phi) is 27.3. The summed E-state index contributed by atoms with van der Waals surface area (Å²) in [4.78, 5) is 12.2. The zero-order chi connectivity index (χ0) is 24.2. The first-order valence-electron chi connectivity index (χ1n) is 15.3. The van der Waals surface area contributed by atoms with Crippen molar-refractivity contribution < 1.29 is 9.53 Å². The summed E-state index contributed by atoms with van der Waals surface area (Å²) >= 11 is 0. The van der Waals surface area contributed by atoms with Crippen LogP contribution in [0.4, 0.5) is 0 Å². The van der Waals surface area contributed by atoms with E-state index in [9.17, 15) is 4.79 Å². The number of methoxy groups -OCH3 is 1. The van der Waals surface area contributed by atoms with E-state index in [4.69, 9.17) is 4.74 Å². The first-order chi connectivity index (χ1) is 16.3. The van der Waals surface area contributed by atoms with Gasteiger partial charge >= 0.3 is 5.97 Å². The van der Waals surface area contributed by atoms with Gasteiger partial charge in [-0.3, -0.25) is 4.79 Å². The Bertz CT molecular complexity index is 351. The SMILES string of the molecule is CCCCCCCCCCCCCCC(CCCCCCCCCCCCCC)C(=O)OC. The minimum Gasteiger partial charge on any atom is -0.469 e. The van der Waals surface area contributed by atoms with Crippen LogP contribution in [0.25, 0.3) is 0 Å². The fraction of sp³-hybridized carbons (Fsp3) is 0.968. The summed E-state index contributed by atoms with van der Waals surface area (Å²) in [5.41, 5.74) is 0. The summed E-state index contributed by atoms with van der Waals surface area (Å²) in [5, 5.41) is 0. The largest absolute Gasteiger partial charge is 0.469 e. The van der Waals surface area contributed by atoms with E-state index in [-0.39, 0.29) is 11.9 Å². The van der Waals surface area contributed by atoms with Crippen LogP contribution in [0.15, 0.2) is 0 Å². The van der Waals surface area contributed by atoms with Crippen LogP contribution >= 0.6 is 0 Å². The van der Waals surface area contributed by atoms with Crippen LogP contribution in [0.1, 0.15) is 181 Å². The monoisotopic (exact) mass is 466 g/mol. The number of esters is 1. The Hall–Kier alpha value is -0.530. The molecule has 0 bridgehead atoms. The third kappa shape index (κ3) is 24.4. The standard InChI is InChI=1S/C31H62O2/c1-4-6-8-10-12-14-16-18-20-22-24-26-28-30(31(32)33-3)29-27-25-23-21-19-17-15-13-11-9-7-5-2/h30H,4-29H2,1-3H3. The fourth-order valence-corrected chi connectivity index (χ4v) is 5.01. The maximum atomic E-state index is 12.2. The highest BCUT2D eigenvalue weighted by Gasteiger charge is 2.18. The van der Waals surface area contributed by atoms with E-state index in [0.29, 0.717) is 0 Å². The average molecular weight is 467 g/mol. The molecule has 0 saturated carbocycles. The van der Waals surface area contributed by atoms with Crippen molar-refractivity contribution in [2.45, 2.75) is 181 Å². The van der Waals surface area contributed by atoms with Gasteiger partial charge in [-0.25, -0.2) is 0 Å². The Labute approximate surface area is 209 Å². The first kappa shape index (κ1) is 32.5. The van der Waals surface area contributed by atoms with E-state index in [1.165, 1.54) is 154 Å². The van der Waals surface area contributed by atoms with Crippen LogP contribution in [0, 0.1) is 5.92 Å². The molecule has 0 aromatic carbocycles. The van der Waals surface area contributed by atoms with Gasteiger partial charge in [-0.15, -0.1) is 0 Å². The maximum Gasteiger partial charge on any atom is 0.308 e. The van der Waals surface area contributed by atoms with Crippen LogP contribution in [-0.4, -0.2) is 13.1 Å². The van der Waals surface area contributed by atoms with E-state index in [1.807, 2.05) is 0 Å². The Morgan fingerprint density at radius 1 is 0.455 bits per heavy atom. The van der Waals surface area contributed by atoms with Crippen molar-refractivity contribution in [1.82, 2.24) is 0 Å². The molecule has 0 radical (unpaired) electrons. The Balaban J connectivity index is 3.54. The summed E-state index contributed by atoms with van der Waals surface area (Å²) < 4.78 is 5.09. The molecule has 2 nitrogen and oxygen atoms in total. The van der Waals surface area contributed by atoms with Crippen LogP contribution in [0.5, 0.6) is 0 Å². The number of carbonyl (C=O) groups excluding carboxylic acids is 1. The molecule has 0 amide bonds. The van der Waals surface area contributed by atoms with Gasteiger partial charge in [0.2, 0.25) is 0 Å². The van der Waals surface area contributed by atoms with Crippen molar-refractivity contribution in [2.75, 3.05) is 7.11 Å². The zero-order valence-corrected chi connectivity index (χ0v) is 23.3. The molecule has 0 aromatic heterocycles. The predicted molar refractivity (Wildman–Crippen MR) is 147 cm³/mol. The van der Waals surface area contributed by atoms with Gasteiger partial charge in [0.15, 0.2) is 0 Å².